The van der Waals surface area contributed by atoms with Crippen LogP contribution in [0.15, 0.2) is 48.6 Å². The Kier molecular flexibility index (Phi) is 6.37. The molecule has 0 aromatic heterocycles. The second kappa shape index (κ2) is 7.79. The molecule has 0 spiro atoms. The molecule has 0 radical (unpaired) electrons. The molecule has 2 aliphatic carbocycles. The fourth-order valence-corrected chi connectivity index (χ4v) is 5.05. The molecule has 0 bridgehead atoms. The van der Waals surface area contributed by atoms with E-state index in [1.54, 1.807) is 0 Å². The Morgan fingerprint density at radius 1 is 1.00 bits per heavy atom. The number of fused-ring (bicyclic) bond motifs is 3. The van der Waals surface area contributed by atoms with Crippen molar-refractivity contribution in [2.45, 2.75) is 27.2 Å². The first-order valence-corrected chi connectivity index (χ1v) is 9.35. The zero-order valence-electron chi connectivity index (χ0n) is 14.6. The summed E-state index contributed by atoms with van der Waals surface area (Å²) in [6.07, 6.45) is 7.81. The summed E-state index contributed by atoms with van der Waals surface area (Å²) in [5.41, 5.74) is 10.0. The maximum absolute atomic E-state index is 2.42. The fraction of sp³-hybridized carbons (Fsp3) is 0.182. The summed E-state index contributed by atoms with van der Waals surface area (Å²) < 4.78 is 1.51. The van der Waals surface area contributed by atoms with Crippen LogP contribution in [0.5, 0.6) is 0 Å². The minimum atomic E-state index is 0. The van der Waals surface area contributed by atoms with Crippen LogP contribution in [0, 0.1) is 6.92 Å². The Morgan fingerprint density at radius 3 is 2.28 bits per heavy atom. The molecule has 0 fully saturated rings. The van der Waals surface area contributed by atoms with E-state index in [1.165, 1.54) is 77.4 Å². The third-order valence-corrected chi connectivity index (χ3v) is 6.23. The van der Waals surface area contributed by atoms with E-state index in [2.05, 4.69) is 69.3 Å². The maximum Gasteiger partial charge on any atom is -1.00 e. The van der Waals surface area contributed by atoms with Crippen LogP contribution in [0.4, 0.5) is 0 Å². The molecular weight excluding hydrogens is 426 g/mol. The van der Waals surface area contributed by atoms with Crippen LogP contribution in [0.25, 0.3) is 25.6 Å². The molecule has 0 unspecified atom stereocenters. The van der Waals surface area contributed by atoms with Gasteiger partial charge in [0, 0.05) is 0 Å². The van der Waals surface area contributed by atoms with Gasteiger partial charge in [-0.1, -0.05) is 0 Å². The van der Waals surface area contributed by atoms with Gasteiger partial charge in [-0.15, -0.1) is 0 Å². The van der Waals surface area contributed by atoms with Crippen LogP contribution in [0.2, 0.25) is 0 Å². The zero-order chi connectivity index (χ0) is 16.1. The predicted octanol–water partition coefficient (Wildman–Crippen LogP) is -1.78. The second-order valence-corrected chi connectivity index (χ2v) is 7.82. The van der Waals surface area contributed by atoms with Gasteiger partial charge in [0.05, 0.1) is 0 Å². The van der Waals surface area contributed by atoms with Crippen molar-refractivity contribution in [1.82, 2.24) is 0 Å². The van der Waals surface area contributed by atoms with Crippen LogP contribution in [0.3, 0.4) is 0 Å². The SMILES string of the molecule is CC(C)=c1cc2c(c(C3=CC=CC3)c1C)=[C]([Zr+2])c1ccccc1-2.[Cl-].[Cl-]. The summed E-state index contributed by atoms with van der Waals surface area (Å²) in [5.74, 6) is 0. The fourth-order valence-electron chi connectivity index (χ4n) is 3.88. The average Bonchev–Trinajstić information content (AvgIpc) is 3.15. The van der Waals surface area contributed by atoms with Crippen molar-refractivity contribution >= 4 is 14.4 Å². The Balaban J connectivity index is 0.00000113. The molecule has 0 heterocycles. The van der Waals surface area contributed by atoms with Gasteiger partial charge < -0.3 is 24.8 Å². The average molecular weight is 446 g/mol. The van der Waals surface area contributed by atoms with Gasteiger partial charge in [-0.2, -0.15) is 0 Å². The third kappa shape index (κ3) is 3.16. The third-order valence-electron chi connectivity index (χ3n) is 4.95. The van der Waals surface area contributed by atoms with Crippen molar-refractivity contribution in [3.05, 3.63) is 75.7 Å². The van der Waals surface area contributed by atoms with Gasteiger partial charge in [-0.3, -0.25) is 0 Å². The smallest absolute Gasteiger partial charge is 1.00 e. The van der Waals surface area contributed by atoms with Crippen LogP contribution in [-0.4, -0.2) is 0 Å². The van der Waals surface area contributed by atoms with Crippen LogP contribution < -0.4 is 35.3 Å². The summed E-state index contributed by atoms with van der Waals surface area (Å²) in [6.45, 7) is 6.75. The van der Waals surface area contributed by atoms with Crippen molar-refractivity contribution in [2.24, 2.45) is 0 Å². The summed E-state index contributed by atoms with van der Waals surface area (Å²) in [7, 11) is 0. The van der Waals surface area contributed by atoms with Gasteiger partial charge in [-0.25, -0.2) is 0 Å². The Hall–Kier alpha value is -0.877. The Morgan fingerprint density at radius 2 is 1.68 bits per heavy atom. The van der Waals surface area contributed by atoms with Crippen LogP contribution >= 0.6 is 0 Å². The van der Waals surface area contributed by atoms with Gasteiger partial charge >= 0.3 is 153 Å². The number of allylic oxidation sites excluding steroid dienone is 4. The molecule has 4 rings (SSSR count). The van der Waals surface area contributed by atoms with Gasteiger partial charge in [-0.05, 0) is 0 Å². The normalized spacial score (nSPS) is 13.6. The molecule has 0 aliphatic heterocycles. The van der Waals surface area contributed by atoms with E-state index < -0.39 is 0 Å². The standard InChI is InChI=1S/C22H19.2ClH.Zr/c1-14(2)19-13-20-18-11-7-6-10-17(18)12-21(20)22(15(19)3)16-8-4-5-9-16;;;/h4-8,10-11,13H,9H2,1-3H3;2*1H;/q;;;+2/p-2. The monoisotopic (exact) mass is 443 g/mol. The van der Waals surface area contributed by atoms with E-state index in [0.717, 1.165) is 6.42 Å². The maximum atomic E-state index is 2.42. The van der Waals surface area contributed by atoms with E-state index in [4.69, 9.17) is 0 Å². The van der Waals surface area contributed by atoms with Gasteiger partial charge in [0.1, 0.15) is 0 Å². The molecule has 2 aromatic carbocycles. The first kappa shape index (κ1) is 20.4. The van der Waals surface area contributed by atoms with E-state index >= 15 is 0 Å². The van der Waals surface area contributed by atoms with Crippen molar-refractivity contribution in [2.75, 3.05) is 0 Å². The molecular formula is C22H19Cl2Zr. The number of hydrogen-bond donors (Lipinski definition) is 0. The van der Waals surface area contributed by atoms with E-state index in [1.807, 2.05) is 0 Å². The number of halogens is 2. The predicted molar refractivity (Wildman–Crippen MR) is 94.9 cm³/mol. The molecule has 0 saturated heterocycles. The molecule has 2 aromatic rings. The topological polar surface area (TPSA) is 0 Å². The number of hydrogen-bond acceptors (Lipinski definition) is 0. The minimum Gasteiger partial charge on any atom is -1.00 e. The summed E-state index contributed by atoms with van der Waals surface area (Å²) >= 11 is 1.50. The first-order valence-electron chi connectivity index (χ1n) is 8.12. The Labute approximate surface area is 177 Å². The largest absolute Gasteiger partial charge is 1.00 e. The molecule has 25 heavy (non-hydrogen) atoms. The second-order valence-electron chi connectivity index (χ2n) is 6.59. The quantitative estimate of drug-likeness (QED) is 0.487. The summed E-state index contributed by atoms with van der Waals surface area (Å²) in [5, 5.41) is 2.90. The molecule has 0 N–H and O–H groups in total. The van der Waals surface area contributed by atoms with Crippen LogP contribution in [0.1, 0.15) is 37.0 Å². The molecule has 0 nitrogen and oxygen atoms in total. The van der Waals surface area contributed by atoms with Crippen molar-refractivity contribution < 1.29 is 49.5 Å². The zero-order valence-corrected chi connectivity index (χ0v) is 18.6. The number of rotatable bonds is 1. The molecule has 0 atom stereocenters. The van der Waals surface area contributed by atoms with E-state index in [9.17, 15) is 0 Å². The molecule has 0 amide bonds. The van der Waals surface area contributed by atoms with Gasteiger partial charge in [0.25, 0.3) is 0 Å². The molecule has 3 heteroatoms. The van der Waals surface area contributed by atoms with Crippen molar-refractivity contribution in [3.63, 3.8) is 0 Å². The molecule has 125 valence electrons. The minimum absolute atomic E-state index is 0. The summed E-state index contributed by atoms with van der Waals surface area (Å²) in [6, 6.07) is 11.3. The van der Waals surface area contributed by atoms with E-state index in [0.29, 0.717) is 0 Å². The first-order chi connectivity index (χ1) is 11.1. The van der Waals surface area contributed by atoms with Crippen molar-refractivity contribution in [3.8, 4) is 11.1 Å². The van der Waals surface area contributed by atoms with Gasteiger partial charge in [0.15, 0.2) is 0 Å². The van der Waals surface area contributed by atoms with Gasteiger partial charge in [0.2, 0.25) is 0 Å². The van der Waals surface area contributed by atoms with Crippen LogP contribution in [-0.2, 0) is 24.7 Å². The molecule has 2 aliphatic rings. The Bertz CT molecular complexity index is 1020. The summed E-state index contributed by atoms with van der Waals surface area (Å²) in [4.78, 5) is 0. The van der Waals surface area contributed by atoms with E-state index in [-0.39, 0.29) is 24.8 Å². The molecule has 0 saturated carbocycles. The number of benzene rings is 2. The van der Waals surface area contributed by atoms with Crippen molar-refractivity contribution in [1.29, 1.82) is 0 Å².